The SMILES string of the molecule is CN1CCN(c2nc(C(N)c3ccccn3)c3c(-c4ccccc4)csc3n2)CC1. The van der Waals surface area contributed by atoms with Gasteiger partial charge in [0.05, 0.1) is 17.4 Å². The molecule has 3 aromatic heterocycles. The van der Waals surface area contributed by atoms with Crippen molar-refractivity contribution >= 4 is 27.5 Å². The summed E-state index contributed by atoms with van der Waals surface area (Å²) in [5, 5.41) is 3.19. The minimum absolute atomic E-state index is 0.417. The fraction of sp³-hybridized carbons (Fsp3) is 0.261. The molecule has 1 saturated heterocycles. The van der Waals surface area contributed by atoms with Crippen LogP contribution >= 0.6 is 11.3 Å². The van der Waals surface area contributed by atoms with Crippen molar-refractivity contribution in [3.05, 3.63) is 71.5 Å². The monoisotopic (exact) mass is 416 g/mol. The van der Waals surface area contributed by atoms with E-state index in [2.05, 4.69) is 51.5 Å². The first-order valence-corrected chi connectivity index (χ1v) is 11.0. The molecule has 4 heterocycles. The third-order valence-corrected chi connectivity index (χ3v) is 6.49. The van der Waals surface area contributed by atoms with Crippen LogP contribution < -0.4 is 10.6 Å². The smallest absolute Gasteiger partial charge is 0.227 e. The molecule has 6 nitrogen and oxygen atoms in total. The van der Waals surface area contributed by atoms with Crippen molar-refractivity contribution < 1.29 is 0 Å². The number of hydrogen-bond acceptors (Lipinski definition) is 7. The molecular weight excluding hydrogens is 392 g/mol. The summed E-state index contributed by atoms with van der Waals surface area (Å²) in [6, 6.07) is 15.8. The number of rotatable bonds is 4. The molecule has 2 N–H and O–H groups in total. The number of nitrogens with two attached hydrogens (primary N) is 1. The maximum absolute atomic E-state index is 6.73. The van der Waals surface area contributed by atoms with E-state index >= 15 is 0 Å². The van der Waals surface area contributed by atoms with E-state index in [9.17, 15) is 0 Å². The van der Waals surface area contributed by atoms with E-state index in [1.165, 1.54) is 0 Å². The number of piperazine rings is 1. The number of likely N-dealkylation sites (N-methyl/N-ethyl adjacent to an activating group) is 1. The molecule has 0 radical (unpaired) electrons. The van der Waals surface area contributed by atoms with Gasteiger partial charge in [-0.15, -0.1) is 11.3 Å². The van der Waals surface area contributed by atoms with Crippen molar-refractivity contribution in [3.63, 3.8) is 0 Å². The fourth-order valence-electron chi connectivity index (χ4n) is 3.86. The average Bonchev–Trinajstić information content (AvgIpc) is 3.24. The number of pyridine rings is 1. The highest BCUT2D eigenvalue weighted by atomic mass is 32.1. The first kappa shape index (κ1) is 19.1. The molecule has 7 heteroatoms. The highest BCUT2D eigenvalue weighted by molar-refractivity contribution is 7.17. The fourth-order valence-corrected chi connectivity index (χ4v) is 4.81. The Hall–Kier alpha value is -2.87. The molecule has 0 bridgehead atoms. The topological polar surface area (TPSA) is 71.2 Å². The Morgan fingerprint density at radius 1 is 0.967 bits per heavy atom. The van der Waals surface area contributed by atoms with Gasteiger partial charge >= 0.3 is 0 Å². The average molecular weight is 417 g/mol. The largest absolute Gasteiger partial charge is 0.338 e. The Bertz CT molecular complexity index is 1140. The minimum Gasteiger partial charge on any atom is -0.338 e. The lowest BCUT2D eigenvalue weighted by Gasteiger charge is -2.32. The van der Waals surface area contributed by atoms with Crippen LogP contribution in [-0.2, 0) is 0 Å². The van der Waals surface area contributed by atoms with Crippen LogP contribution in [0.2, 0.25) is 0 Å². The molecule has 1 atom stereocenters. The molecule has 0 amide bonds. The van der Waals surface area contributed by atoms with Crippen LogP contribution in [0.25, 0.3) is 21.3 Å². The number of nitrogens with zero attached hydrogens (tertiary/aromatic N) is 5. The minimum atomic E-state index is -0.417. The maximum Gasteiger partial charge on any atom is 0.227 e. The first-order chi connectivity index (χ1) is 14.7. The summed E-state index contributed by atoms with van der Waals surface area (Å²) >= 11 is 1.65. The molecule has 0 aliphatic carbocycles. The van der Waals surface area contributed by atoms with E-state index in [-0.39, 0.29) is 0 Å². The van der Waals surface area contributed by atoms with Gasteiger partial charge in [-0.1, -0.05) is 36.4 Å². The normalized spacial score (nSPS) is 16.1. The second kappa shape index (κ2) is 8.10. The molecule has 1 aromatic carbocycles. The second-order valence-electron chi connectivity index (χ2n) is 7.63. The van der Waals surface area contributed by atoms with Crippen LogP contribution in [0, 0.1) is 0 Å². The molecular formula is C23H24N6S. The van der Waals surface area contributed by atoms with Gasteiger partial charge in [-0.05, 0) is 24.7 Å². The molecule has 5 rings (SSSR count). The molecule has 1 fully saturated rings. The zero-order chi connectivity index (χ0) is 20.5. The predicted molar refractivity (Wildman–Crippen MR) is 123 cm³/mol. The Morgan fingerprint density at radius 2 is 1.73 bits per heavy atom. The first-order valence-electron chi connectivity index (χ1n) is 10.2. The van der Waals surface area contributed by atoms with Crippen molar-refractivity contribution in [1.29, 1.82) is 0 Å². The maximum atomic E-state index is 6.73. The van der Waals surface area contributed by atoms with Gasteiger partial charge in [0.25, 0.3) is 0 Å². The highest BCUT2D eigenvalue weighted by Gasteiger charge is 2.24. The summed E-state index contributed by atoms with van der Waals surface area (Å²) in [5.74, 6) is 0.762. The number of anilines is 1. The number of fused-ring (bicyclic) bond motifs is 1. The zero-order valence-electron chi connectivity index (χ0n) is 16.9. The van der Waals surface area contributed by atoms with Gasteiger partial charge < -0.3 is 15.5 Å². The molecule has 4 aromatic rings. The van der Waals surface area contributed by atoms with E-state index in [4.69, 9.17) is 15.7 Å². The Kier molecular flexibility index (Phi) is 5.16. The van der Waals surface area contributed by atoms with Crippen molar-refractivity contribution in [2.24, 2.45) is 5.73 Å². The van der Waals surface area contributed by atoms with Crippen molar-refractivity contribution in [1.82, 2.24) is 19.9 Å². The van der Waals surface area contributed by atoms with Gasteiger partial charge in [-0.2, -0.15) is 0 Å². The Morgan fingerprint density at radius 3 is 2.47 bits per heavy atom. The summed E-state index contributed by atoms with van der Waals surface area (Å²) in [6.45, 7) is 3.83. The van der Waals surface area contributed by atoms with E-state index in [1.54, 1.807) is 17.5 Å². The highest BCUT2D eigenvalue weighted by Crippen LogP contribution is 2.38. The molecule has 1 aliphatic heterocycles. The lowest BCUT2D eigenvalue weighted by atomic mass is 10.0. The van der Waals surface area contributed by atoms with E-state index in [1.807, 2.05) is 24.3 Å². The van der Waals surface area contributed by atoms with E-state index in [0.29, 0.717) is 0 Å². The third kappa shape index (κ3) is 3.56. The summed E-state index contributed by atoms with van der Waals surface area (Å²) in [4.78, 5) is 20.0. The zero-order valence-corrected chi connectivity index (χ0v) is 17.7. The van der Waals surface area contributed by atoms with Gasteiger partial charge in [-0.3, -0.25) is 4.98 Å². The summed E-state index contributed by atoms with van der Waals surface area (Å²) in [7, 11) is 2.15. The van der Waals surface area contributed by atoms with Gasteiger partial charge in [0, 0.05) is 48.7 Å². The third-order valence-electron chi connectivity index (χ3n) is 5.62. The quantitative estimate of drug-likeness (QED) is 0.549. The molecule has 30 heavy (non-hydrogen) atoms. The second-order valence-corrected chi connectivity index (χ2v) is 8.49. The lowest BCUT2D eigenvalue weighted by Crippen LogP contribution is -2.45. The van der Waals surface area contributed by atoms with Crippen LogP contribution in [-0.4, -0.2) is 53.1 Å². The standard InChI is InChI=1S/C23H24N6S/c1-28-11-13-29(14-12-28)23-26-21(20(24)18-9-5-6-10-25-18)19-17(15-30-22(19)27-23)16-7-3-2-4-8-16/h2-10,15,20H,11-14,24H2,1H3. The number of hydrogen-bond donors (Lipinski definition) is 1. The molecule has 1 unspecified atom stereocenters. The summed E-state index contributed by atoms with van der Waals surface area (Å²) < 4.78 is 0. The van der Waals surface area contributed by atoms with Crippen LogP contribution in [0.1, 0.15) is 17.4 Å². The van der Waals surface area contributed by atoms with Crippen LogP contribution in [0.15, 0.2) is 60.1 Å². The van der Waals surface area contributed by atoms with E-state index < -0.39 is 6.04 Å². The van der Waals surface area contributed by atoms with E-state index in [0.717, 1.165) is 64.9 Å². The summed E-state index contributed by atoms with van der Waals surface area (Å²) in [6.07, 6.45) is 1.78. The van der Waals surface area contributed by atoms with Gasteiger partial charge in [-0.25, -0.2) is 9.97 Å². The molecule has 1 aliphatic rings. The van der Waals surface area contributed by atoms with Crippen LogP contribution in [0.4, 0.5) is 5.95 Å². The van der Waals surface area contributed by atoms with Gasteiger partial charge in [0.15, 0.2) is 0 Å². The molecule has 0 saturated carbocycles. The van der Waals surface area contributed by atoms with Gasteiger partial charge in [0.2, 0.25) is 5.95 Å². The van der Waals surface area contributed by atoms with Crippen molar-refractivity contribution in [3.8, 4) is 11.1 Å². The van der Waals surface area contributed by atoms with Crippen molar-refractivity contribution in [2.75, 3.05) is 38.1 Å². The van der Waals surface area contributed by atoms with Crippen molar-refractivity contribution in [2.45, 2.75) is 6.04 Å². The van der Waals surface area contributed by atoms with Crippen LogP contribution in [0.3, 0.4) is 0 Å². The number of thiophene rings is 1. The molecule has 0 spiro atoms. The van der Waals surface area contributed by atoms with Crippen LogP contribution in [0.5, 0.6) is 0 Å². The Balaban J connectivity index is 1.67. The predicted octanol–water partition coefficient (Wildman–Crippen LogP) is 3.55. The number of benzene rings is 1. The summed E-state index contributed by atoms with van der Waals surface area (Å²) in [5.41, 5.74) is 10.7. The van der Waals surface area contributed by atoms with Gasteiger partial charge in [0.1, 0.15) is 4.83 Å². The lowest BCUT2D eigenvalue weighted by molar-refractivity contribution is 0.311. The number of aromatic nitrogens is 3. The molecule has 152 valence electrons. The Labute approximate surface area is 180 Å².